The van der Waals surface area contributed by atoms with Gasteiger partial charge in [-0.1, -0.05) is 13.8 Å². The summed E-state index contributed by atoms with van der Waals surface area (Å²) >= 11 is 1.80. The molecule has 0 fully saturated rings. The topological polar surface area (TPSA) is 34.0 Å². The minimum Gasteiger partial charge on any atom is -0.335 e. The molecule has 0 saturated carbocycles. The van der Waals surface area contributed by atoms with E-state index in [1.165, 1.54) is 22.1 Å². The molecule has 0 bridgehead atoms. The molecule has 0 aromatic carbocycles. The molecule has 0 N–H and O–H groups in total. The zero-order valence-electron chi connectivity index (χ0n) is 12.7. The van der Waals surface area contributed by atoms with Crippen LogP contribution in [0.15, 0.2) is 6.20 Å². The van der Waals surface area contributed by atoms with E-state index in [1.807, 2.05) is 6.20 Å². The second-order valence-corrected chi connectivity index (χ2v) is 7.20. The van der Waals surface area contributed by atoms with E-state index in [4.69, 9.17) is 4.98 Å². The van der Waals surface area contributed by atoms with Crippen LogP contribution in [-0.4, -0.2) is 26.0 Å². The van der Waals surface area contributed by atoms with Gasteiger partial charge in [0, 0.05) is 55.8 Å². The standard InChI is InChI=1S/C15H22N4S/c1-10(2)15-17-13-9-19(6-5-14(13)18(15)4)8-12-7-16-11(3)20-12/h7,10H,5-6,8-9H2,1-4H3. The monoisotopic (exact) mass is 290 g/mol. The molecular weight excluding hydrogens is 268 g/mol. The number of imidazole rings is 1. The molecule has 2 aromatic heterocycles. The van der Waals surface area contributed by atoms with Crippen molar-refractivity contribution < 1.29 is 0 Å². The number of aromatic nitrogens is 3. The van der Waals surface area contributed by atoms with Gasteiger partial charge in [-0.25, -0.2) is 9.97 Å². The highest BCUT2D eigenvalue weighted by atomic mass is 32.1. The Morgan fingerprint density at radius 3 is 2.85 bits per heavy atom. The first kappa shape index (κ1) is 13.8. The Balaban J connectivity index is 1.76. The van der Waals surface area contributed by atoms with Crippen molar-refractivity contribution in [2.75, 3.05) is 6.54 Å². The van der Waals surface area contributed by atoms with Crippen molar-refractivity contribution in [3.63, 3.8) is 0 Å². The lowest BCUT2D eigenvalue weighted by atomic mass is 10.1. The maximum absolute atomic E-state index is 4.86. The van der Waals surface area contributed by atoms with E-state index in [0.29, 0.717) is 5.92 Å². The van der Waals surface area contributed by atoms with Gasteiger partial charge in [0.05, 0.1) is 10.7 Å². The molecule has 1 aliphatic rings. The predicted octanol–water partition coefficient (Wildman–Crippen LogP) is 2.87. The van der Waals surface area contributed by atoms with Gasteiger partial charge in [0.25, 0.3) is 0 Å². The van der Waals surface area contributed by atoms with Crippen molar-refractivity contribution in [3.8, 4) is 0 Å². The lowest BCUT2D eigenvalue weighted by molar-refractivity contribution is 0.242. The minimum atomic E-state index is 0.489. The third-order valence-electron chi connectivity index (χ3n) is 3.93. The van der Waals surface area contributed by atoms with Crippen LogP contribution in [0.2, 0.25) is 0 Å². The smallest absolute Gasteiger partial charge is 0.111 e. The molecule has 3 heterocycles. The molecule has 2 aromatic rings. The van der Waals surface area contributed by atoms with E-state index in [0.717, 1.165) is 31.1 Å². The Morgan fingerprint density at radius 1 is 1.40 bits per heavy atom. The highest BCUT2D eigenvalue weighted by Crippen LogP contribution is 2.25. The second kappa shape index (κ2) is 5.30. The van der Waals surface area contributed by atoms with Gasteiger partial charge < -0.3 is 4.57 Å². The van der Waals surface area contributed by atoms with Gasteiger partial charge in [-0.15, -0.1) is 11.3 Å². The third kappa shape index (κ3) is 2.52. The zero-order valence-corrected chi connectivity index (χ0v) is 13.5. The SMILES string of the molecule is Cc1ncc(CN2CCc3c(nc(C(C)C)n3C)C2)s1. The van der Waals surface area contributed by atoms with Crippen LogP contribution in [0.25, 0.3) is 0 Å². The number of hydrogen-bond donors (Lipinski definition) is 0. The second-order valence-electron chi connectivity index (χ2n) is 5.88. The van der Waals surface area contributed by atoms with Crippen molar-refractivity contribution in [1.29, 1.82) is 0 Å². The molecule has 108 valence electrons. The highest BCUT2D eigenvalue weighted by Gasteiger charge is 2.23. The summed E-state index contributed by atoms with van der Waals surface area (Å²) in [5, 5.41) is 1.15. The lowest BCUT2D eigenvalue weighted by Gasteiger charge is -2.25. The number of nitrogens with zero attached hydrogens (tertiary/aromatic N) is 4. The Kier molecular flexibility index (Phi) is 3.65. The van der Waals surface area contributed by atoms with E-state index in [1.54, 1.807) is 11.3 Å². The summed E-state index contributed by atoms with van der Waals surface area (Å²) in [6.07, 6.45) is 3.11. The quantitative estimate of drug-likeness (QED) is 0.871. The number of hydrogen-bond acceptors (Lipinski definition) is 4. The first-order chi connectivity index (χ1) is 9.54. The summed E-state index contributed by atoms with van der Waals surface area (Å²) in [6, 6.07) is 0. The van der Waals surface area contributed by atoms with Crippen molar-refractivity contribution >= 4 is 11.3 Å². The van der Waals surface area contributed by atoms with Gasteiger partial charge >= 0.3 is 0 Å². The number of aryl methyl sites for hydroxylation is 1. The first-order valence-corrected chi connectivity index (χ1v) is 8.04. The van der Waals surface area contributed by atoms with Crippen LogP contribution in [0.5, 0.6) is 0 Å². The van der Waals surface area contributed by atoms with E-state index >= 15 is 0 Å². The average Bonchev–Trinajstić information content (AvgIpc) is 2.94. The minimum absolute atomic E-state index is 0.489. The molecule has 4 nitrogen and oxygen atoms in total. The van der Waals surface area contributed by atoms with Crippen LogP contribution in [0.3, 0.4) is 0 Å². The maximum Gasteiger partial charge on any atom is 0.111 e. The summed E-state index contributed by atoms with van der Waals surface area (Å²) in [7, 11) is 2.16. The fourth-order valence-corrected chi connectivity index (χ4v) is 3.79. The number of fused-ring (bicyclic) bond motifs is 1. The molecule has 0 aliphatic carbocycles. The van der Waals surface area contributed by atoms with Crippen LogP contribution in [0.4, 0.5) is 0 Å². The molecule has 0 spiro atoms. The Labute approximate surface area is 124 Å². The van der Waals surface area contributed by atoms with Crippen LogP contribution < -0.4 is 0 Å². The average molecular weight is 290 g/mol. The Morgan fingerprint density at radius 2 is 2.20 bits per heavy atom. The molecule has 0 radical (unpaired) electrons. The van der Waals surface area contributed by atoms with Crippen molar-refractivity contribution in [3.05, 3.63) is 33.3 Å². The summed E-state index contributed by atoms with van der Waals surface area (Å²) < 4.78 is 2.30. The van der Waals surface area contributed by atoms with Crippen LogP contribution in [0.1, 0.15) is 46.9 Å². The van der Waals surface area contributed by atoms with Crippen LogP contribution in [0, 0.1) is 6.92 Å². The normalized spacial score (nSPS) is 15.8. The first-order valence-electron chi connectivity index (χ1n) is 7.22. The van der Waals surface area contributed by atoms with Crippen molar-refractivity contribution in [2.45, 2.75) is 46.2 Å². The van der Waals surface area contributed by atoms with E-state index in [-0.39, 0.29) is 0 Å². The third-order valence-corrected chi connectivity index (χ3v) is 4.83. The zero-order chi connectivity index (χ0) is 14.3. The van der Waals surface area contributed by atoms with E-state index in [2.05, 4.69) is 42.3 Å². The van der Waals surface area contributed by atoms with Crippen LogP contribution >= 0.6 is 11.3 Å². The fraction of sp³-hybridized carbons (Fsp3) is 0.600. The number of thiazole rings is 1. The molecular formula is C15H22N4S. The van der Waals surface area contributed by atoms with Gasteiger partial charge in [-0.2, -0.15) is 0 Å². The van der Waals surface area contributed by atoms with Crippen molar-refractivity contribution in [2.24, 2.45) is 7.05 Å². The molecule has 3 rings (SSSR count). The Hall–Kier alpha value is -1.20. The number of rotatable bonds is 3. The highest BCUT2D eigenvalue weighted by molar-refractivity contribution is 7.11. The van der Waals surface area contributed by atoms with Gasteiger partial charge in [0.2, 0.25) is 0 Å². The molecule has 0 unspecified atom stereocenters. The largest absolute Gasteiger partial charge is 0.335 e. The summed E-state index contributed by atoms with van der Waals surface area (Å²) in [5.41, 5.74) is 2.69. The summed E-state index contributed by atoms with van der Waals surface area (Å²) in [6.45, 7) is 9.57. The van der Waals surface area contributed by atoms with Gasteiger partial charge in [-0.05, 0) is 6.92 Å². The van der Waals surface area contributed by atoms with Gasteiger partial charge in [0.1, 0.15) is 5.82 Å². The summed E-state index contributed by atoms with van der Waals surface area (Å²) in [4.78, 5) is 13.0. The Bertz CT molecular complexity index is 611. The van der Waals surface area contributed by atoms with Crippen molar-refractivity contribution in [1.82, 2.24) is 19.4 Å². The molecule has 20 heavy (non-hydrogen) atoms. The fourth-order valence-electron chi connectivity index (χ4n) is 2.95. The summed E-state index contributed by atoms with van der Waals surface area (Å²) in [5.74, 6) is 1.70. The van der Waals surface area contributed by atoms with Crippen LogP contribution in [-0.2, 0) is 26.6 Å². The maximum atomic E-state index is 4.86. The predicted molar refractivity (Wildman–Crippen MR) is 82.0 cm³/mol. The van der Waals surface area contributed by atoms with E-state index in [9.17, 15) is 0 Å². The molecule has 0 saturated heterocycles. The molecule has 5 heteroatoms. The lowest BCUT2D eigenvalue weighted by Crippen LogP contribution is -2.30. The van der Waals surface area contributed by atoms with Gasteiger partial charge in [0.15, 0.2) is 0 Å². The molecule has 0 atom stereocenters. The van der Waals surface area contributed by atoms with E-state index < -0.39 is 0 Å². The molecule has 1 aliphatic heterocycles. The molecule has 0 amide bonds. The van der Waals surface area contributed by atoms with Gasteiger partial charge in [-0.3, -0.25) is 4.90 Å².